The maximum Gasteiger partial charge on any atom is 0.164 e. The van der Waals surface area contributed by atoms with E-state index in [1.807, 2.05) is 47.7 Å². The lowest BCUT2D eigenvalue weighted by molar-refractivity contribution is 1.02. The van der Waals surface area contributed by atoms with Gasteiger partial charge in [-0.3, -0.25) is 0 Å². The van der Waals surface area contributed by atoms with Crippen molar-refractivity contribution in [2.75, 3.05) is 0 Å². The van der Waals surface area contributed by atoms with Crippen LogP contribution in [-0.2, 0) is 0 Å². The van der Waals surface area contributed by atoms with Crippen LogP contribution in [0.15, 0.2) is 170 Å². The van der Waals surface area contributed by atoms with Crippen molar-refractivity contribution in [3.05, 3.63) is 187 Å². The molecule has 0 aliphatic heterocycles. The standard InChI is InChI=1S/C46H29N3S/c1-4-13-29(14-5-1)32-23-24-36-39(28-32)37-25-26-38-35-21-10-11-22-40(35)50-43(38)42(37)41(36)33-19-12-20-34(27-33)46-48-44(30-15-6-2-7-16-30)47-45(49-46)31-17-8-3-9-18-31/h1-28,41H. The van der Waals surface area contributed by atoms with Gasteiger partial charge in [0.1, 0.15) is 0 Å². The molecule has 9 aromatic rings. The molecule has 2 heterocycles. The summed E-state index contributed by atoms with van der Waals surface area (Å²) in [5, 5.41) is 2.63. The minimum absolute atomic E-state index is 0.0607. The van der Waals surface area contributed by atoms with Gasteiger partial charge in [0.25, 0.3) is 0 Å². The van der Waals surface area contributed by atoms with Crippen LogP contribution in [0.5, 0.6) is 0 Å². The Bertz CT molecular complexity index is 2640. The van der Waals surface area contributed by atoms with Crippen LogP contribution >= 0.6 is 11.3 Å². The molecular formula is C46H29N3S. The molecule has 1 atom stereocenters. The Balaban J connectivity index is 1.18. The zero-order valence-electron chi connectivity index (χ0n) is 27.0. The van der Waals surface area contributed by atoms with E-state index in [0.717, 1.165) is 16.7 Å². The molecule has 4 heteroatoms. The van der Waals surface area contributed by atoms with E-state index in [1.54, 1.807) is 0 Å². The fraction of sp³-hybridized carbons (Fsp3) is 0.0217. The van der Waals surface area contributed by atoms with Crippen LogP contribution in [0.25, 0.3) is 76.6 Å². The highest BCUT2D eigenvalue weighted by Gasteiger charge is 2.33. The molecule has 0 radical (unpaired) electrons. The fourth-order valence-corrected chi connectivity index (χ4v) is 8.76. The third kappa shape index (κ3) is 4.76. The van der Waals surface area contributed by atoms with Crippen LogP contribution in [0.4, 0.5) is 0 Å². The maximum atomic E-state index is 5.06. The van der Waals surface area contributed by atoms with E-state index in [-0.39, 0.29) is 5.92 Å². The Labute approximate surface area is 294 Å². The van der Waals surface area contributed by atoms with Crippen molar-refractivity contribution >= 4 is 31.5 Å². The van der Waals surface area contributed by atoms with Crippen molar-refractivity contribution in [1.82, 2.24) is 15.0 Å². The van der Waals surface area contributed by atoms with E-state index >= 15 is 0 Å². The highest BCUT2D eigenvalue weighted by molar-refractivity contribution is 7.26. The van der Waals surface area contributed by atoms with Gasteiger partial charge in [0.2, 0.25) is 0 Å². The van der Waals surface area contributed by atoms with Crippen LogP contribution < -0.4 is 0 Å². The smallest absolute Gasteiger partial charge is 0.164 e. The number of thiophene rings is 1. The van der Waals surface area contributed by atoms with Crippen molar-refractivity contribution < 1.29 is 0 Å². The van der Waals surface area contributed by atoms with E-state index in [2.05, 4.69) is 133 Å². The number of hydrogen-bond acceptors (Lipinski definition) is 4. The molecular weight excluding hydrogens is 627 g/mol. The van der Waals surface area contributed by atoms with Crippen molar-refractivity contribution in [1.29, 1.82) is 0 Å². The Kier molecular flexibility index (Phi) is 6.74. The van der Waals surface area contributed by atoms with Gasteiger partial charge in [-0.2, -0.15) is 0 Å². The second-order valence-corrected chi connectivity index (χ2v) is 13.8. The number of rotatable bonds is 5. The molecule has 0 fully saturated rings. The quantitative estimate of drug-likeness (QED) is 0.185. The SMILES string of the molecule is c1ccc(-c2ccc3c(c2)-c2ccc4c(sc5ccccc54)c2C3c2cccc(-c3nc(-c4ccccc4)nc(-c4ccccc4)n3)c2)cc1. The van der Waals surface area contributed by atoms with Gasteiger partial charge in [-0.05, 0) is 57.1 Å². The molecule has 10 rings (SSSR count). The number of aromatic nitrogens is 3. The van der Waals surface area contributed by atoms with E-state index in [1.165, 1.54) is 59.1 Å². The van der Waals surface area contributed by atoms with Gasteiger partial charge in [0.15, 0.2) is 17.5 Å². The third-order valence-electron chi connectivity index (χ3n) is 9.81. The summed E-state index contributed by atoms with van der Waals surface area (Å²) in [5.74, 6) is 2.05. The Morgan fingerprint density at radius 1 is 0.400 bits per heavy atom. The van der Waals surface area contributed by atoms with Crippen LogP contribution in [0, 0.1) is 0 Å². The fourth-order valence-electron chi connectivity index (χ4n) is 7.48. The molecule has 1 aliphatic carbocycles. The highest BCUT2D eigenvalue weighted by atomic mass is 32.1. The van der Waals surface area contributed by atoms with Crippen LogP contribution in [-0.4, -0.2) is 15.0 Å². The van der Waals surface area contributed by atoms with Gasteiger partial charge in [0, 0.05) is 42.8 Å². The zero-order chi connectivity index (χ0) is 33.0. The first-order valence-electron chi connectivity index (χ1n) is 16.9. The number of nitrogens with zero attached hydrogens (tertiary/aromatic N) is 3. The monoisotopic (exact) mass is 655 g/mol. The summed E-state index contributed by atoms with van der Waals surface area (Å²) in [4.78, 5) is 15.0. The third-order valence-corrected chi connectivity index (χ3v) is 11.0. The Hall–Kier alpha value is -6.23. The van der Waals surface area contributed by atoms with Gasteiger partial charge < -0.3 is 0 Å². The van der Waals surface area contributed by atoms with Gasteiger partial charge in [-0.1, -0.05) is 152 Å². The predicted octanol–water partition coefficient (Wildman–Crippen LogP) is 12.1. The second-order valence-electron chi connectivity index (χ2n) is 12.8. The molecule has 0 amide bonds. The Morgan fingerprint density at radius 2 is 1.00 bits per heavy atom. The summed E-state index contributed by atoms with van der Waals surface area (Å²) >= 11 is 1.90. The minimum atomic E-state index is 0.0607. The number of hydrogen-bond donors (Lipinski definition) is 0. The van der Waals surface area contributed by atoms with Gasteiger partial charge in [-0.15, -0.1) is 11.3 Å². The summed E-state index contributed by atoms with van der Waals surface area (Å²) in [5.41, 5.74) is 11.9. The van der Waals surface area contributed by atoms with Crippen molar-refractivity contribution in [2.24, 2.45) is 0 Å². The first kappa shape index (κ1) is 28.8. The summed E-state index contributed by atoms with van der Waals surface area (Å²) in [6.07, 6.45) is 0. The molecule has 1 unspecified atom stereocenters. The van der Waals surface area contributed by atoms with Crippen molar-refractivity contribution in [2.45, 2.75) is 5.92 Å². The molecule has 234 valence electrons. The first-order chi connectivity index (χ1) is 24.8. The summed E-state index contributed by atoms with van der Waals surface area (Å²) in [6, 6.07) is 60.3. The van der Waals surface area contributed by atoms with Crippen molar-refractivity contribution in [3.63, 3.8) is 0 Å². The topological polar surface area (TPSA) is 38.7 Å². The van der Waals surface area contributed by atoms with Crippen LogP contribution in [0.3, 0.4) is 0 Å². The lowest BCUT2D eigenvalue weighted by atomic mass is 9.87. The molecule has 1 aliphatic rings. The average Bonchev–Trinajstić information content (AvgIpc) is 3.74. The summed E-state index contributed by atoms with van der Waals surface area (Å²) in [6.45, 7) is 0. The van der Waals surface area contributed by atoms with Gasteiger partial charge >= 0.3 is 0 Å². The van der Waals surface area contributed by atoms with Crippen LogP contribution in [0.1, 0.15) is 22.6 Å². The summed E-state index contributed by atoms with van der Waals surface area (Å²) in [7, 11) is 0. The van der Waals surface area contributed by atoms with Gasteiger partial charge in [0.05, 0.1) is 0 Å². The maximum absolute atomic E-state index is 5.06. The van der Waals surface area contributed by atoms with Crippen LogP contribution in [0.2, 0.25) is 0 Å². The van der Waals surface area contributed by atoms with E-state index < -0.39 is 0 Å². The minimum Gasteiger partial charge on any atom is -0.208 e. The predicted molar refractivity (Wildman–Crippen MR) is 207 cm³/mol. The Morgan fingerprint density at radius 3 is 1.70 bits per heavy atom. The largest absolute Gasteiger partial charge is 0.208 e. The molecule has 2 aromatic heterocycles. The molecule has 0 saturated carbocycles. The first-order valence-corrected chi connectivity index (χ1v) is 17.7. The molecule has 0 bridgehead atoms. The average molecular weight is 656 g/mol. The molecule has 7 aromatic carbocycles. The van der Waals surface area contributed by atoms with Crippen molar-refractivity contribution in [3.8, 4) is 56.4 Å². The summed E-state index contributed by atoms with van der Waals surface area (Å²) < 4.78 is 2.67. The van der Waals surface area contributed by atoms with Gasteiger partial charge in [-0.25, -0.2) is 15.0 Å². The lowest BCUT2D eigenvalue weighted by Gasteiger charge is -2.17. The van der Waals surface area contributed by atoms with E-state index in [9.17, 15) is 0 Å². The van der Waals surface area contributed by atoms with E-state index in [4.69, 9.17) is 15.0 Å². The molecule has 0 saturated heterocycles. The lowest BCUT2D eigenvalue weighted by Crippen LogP contribution is -2.02. The molecule has 3 nitrogen and oxygen atoms in total. The second kappa shape index (κ2) is 11.7. The normalized spacial score (nSPS) is 13.4. The van der Waals surface area contributed by atoms with E-state index in [0.29, 0.717) is 17.5 Å². The number of benzene rings is 7. The molecule has 0 spiro atoms. The zero-order valence-corrected chi connectivity index (χ0v) is 27.8. The molecule has 50 heavy (non-hydrogen) atoms. The molecule has 0 N–H and O–H groups in total. The highest BCUT2D eigenvalue weighted by Crippen LogP contribution is 2.54. The number of fused-ring (bicyclic) bond motifs is 7.